The third-order valence-corrected chi connectivity index (χ3v) is 3.70. The van der Waals surface area contributed by atoms with E-state index < -0.39 is 0 Å². The first-order chi connectivity index (χ1) is 8.78. The topological polar surface area (TPSA) is 26.5 Å². The Kier molecular flexibility index (Phi) is 2.97. The molecule has 0 saturated heterocycles. The highest BCUT2D eigenvalue weighted by atomic mass is 35.5. The lowest BCUT2D eigenvalue weighted by molar-refractivity contribution is 0.461. The van der Waals surface area contributed by atoms with Crippen LogP contribution < -0.4 is 4.74 Å². The van der Waals surface area contributed by atoms with Crippen molar-refractivity contribution in [2.24, 2.45) is 0 Å². The van der Waals surface area contributed by atoms with Gasteiger partial charge in [0.25, 0.3) is 0 Å². The Morgan fingerprint density at radius 1 is 1.33 bits per heavy atom. The highest BCUT2D eigenvalue weighted by molar-refractivity contribution is 7.15. The minimum atomic E-state index is 0.374. The Morgan fingerprint density at radius 3 is 2.83 bits per heavy atom. The van der Waals surface area contributed by atoms with Gasteiger partial charge in [0.1, 0.15) is 11.4 Å². The molecule has 1 aromatic carbocycles. The number of aryl methyl sites for hydroxylation is 1. The summed E-state index contributed by atoms with van der Waals surface area (Å²) in [5.41, 5.74) is 2.08. The third kappa shape index (κ3) is 1.98. The Balaban J connectivity index is 1.98. The molecule has 0 N–H and O–H groups in total. The second-order valence-electron chi connectivity index (χ2n) is 3.97. The van der Waals surface area contributed by atoms with E-state index in [-0.39, 0.29) is 0 Å². The second kappa shape index (κ2) is 4.63. The van der Waals surface area contributed by atoms with Gasteiger partial charge in [-0.05, 0) is 19.1 Å². The minimum absolute atomic E-state index is 0.374. The van der Waals surface area contributed by atoms with Crippen LogP contribution in [-0.2, 0) is 5.88 Å². The van der Waals surface area contributed by atoms with Crippen LogP contribution in [0.15, 0.2) is 35.8 Å². The standard InChI is InChI=1S/C13H11ClN2OS/c1-9-2-4-10(5-3-9)17-12-11(8-14)16-6-7-18-13(16)15-12/h2-7H,8H2,1H3. The molecule has 0 fully saturated rings. The number of fused-ring (bicyclic) bond motifs is 1. The molecule has 0 radical (unpaired) electrons. The van der Waals surface area contributed by atoms with Crippen molar-refractivity contribution in [1.82, 2.24) is 9.38 Å². The van der Waals surface area contributed by atoms with E-state index in [4.69, 9.17) is 16.3 Å². The lowest BCUT2D eigenvalue weighted by atomic mass is 10.2. The molecular weight excluding hydrogens is 268 g/mol. The summed E-state index contributed by atoms with van der Waals surface area (Å²) >= 11 is 7.53. The van der Waals surface area contributed by atoms with Crippen molar-refractivity contribution in [1.29, 1.82) is 0 Å². The largest absolute Gasteiger partial charge is 0.437 e. The molecule has 3 aromatic rings. The van der Waals surface area contributed by atoms with E-state index in [0.717, 1.165) is 16.4 Å². The number of thiazole rings is 1. The number of benzene rings is 1. The molecule has 2 aromatic heterocycles. The van der Waals surface area contributed by atoms with E-state index in [1.807, 2.05) is 47.2 Å². The molecule has 0 saturated carbocycles. The molecule has 3 nitrogen and oxygen atoms in total. The van der Waals surface area contributed by atoms with Crippen LogP contribution >= 0.6 is 22.9 Å². The minimum Gasteiger partial charge on any atom is -0.437 e. The molecular formula is C13H11ClN2OS. The molecule has 0 atom stereocenters. The van der Waals surface area contributed by atoms with Gasteiger partial charge in [-0.25, -0.2) is 0 Å². The first kappa shape index (κ1) is 11.6. The van der Waals surface area contributed by atoms with E-state index in [0.29, 0.717) is 11.8 Å². The number of hydrogen-bond donors (Lipinski definition) is 0. The fourth-order valence-electron chi connectivity index (χ4n) is 1.73. The van der Waals surface area contributed by atoms with Gasteiger partial charge in [-0.3, -0.25) is 4.40 Å². The average molecular weight is 279 g/mol. The van der Waals surface area contributed by atoms with Crippen LogP contribution in [0.1, 0.15) is 11.3 Å². The van der Waals surface area contributed by atoms with Gasteiger partial charge in [0.05, 0.1) is 5.88 Å². The van der Waals surface area contributed by atoms with E-state index in [1.54, 1.807) is 11.3 Å². The molecule has 0 unspecified atom stereocenters. The van der Waals surface area contributed by atoms with Crippen LogP contribution in [0.3, 0.4) is 0 Å². The van der Waals surface area contributed by atoms with Crippen molar-refractivity contribution in [2.45, 2.75) is 12.8 Å². The summed E-state index contributed by atoms with van der Waals surface area (Å²) in [4.78, 5) is 5.33. The molecule has 0 aliphatic carbocycles. The van der Waals surface area contributed by atoms with Crippen LogP contribution in [0.4, 0.5) is 0 Å². The van der Waals surface area contributed by atoms with Gasteiger partial charge in [0.15, 0.2) is 4.96 Å². The highest BCUT2D eigenvalue weighted by Crippen LogP contribution is 2.28. The lowest BCUT2D eigenvalue weighted by Crippen LogP contribution is -1.91. The van der Waals surface area contributed by atoms with Gasteiger partial charge in [0.2, 0.25) is 5.88 Å². The summed E-state index contributed by atoms with van der Waals surface area (Å²) in [6.45, 7) is 2.04. The quantitative estimate of drug-likeness (QED) is 0.670. The molecule has 0 aliphatic rings. The number of hydrogen-bond acceptors (Lipinski definition) is 3. The van der Waals surface area contributed by atoms with Crippen molar-refractivity contribution >= 4 is 27.9 Å². The monoisotopic (exact) mass is 278 g/mol. The maximum atomic E-state index is 5.96. The number of ether oxygens (including phenoxy) is 1. The molecule has 0 spiro atoms. The van der Waals surface area contributed by atoms with Crippen LogP contribution in [0.5, 0.6) is 11.6 Å². The average Bonchev–Trinajstić information content (AvgIpc) is 2.92. The summed E-state index contributed by atoms with van der Waals surface area (Å²) < 4.78 is 7.75. The summed E-state index contributed by atoms with van der Waals surface area (Å²) in [6.07, 6.45) is 1.95. The number of rotatable bonds is 3. The van der Waals surface area contributed by atoms with Gasteiger partial charge in [-0.15, -0.1) is 22.9 Å². The first-order valence-corrected chi connectivity index (χ1v) is 6.94. The number of imidazole rings is 1. The summed E-state index contributed by atoms with van der Waals surface area (Å²) in [7, 11) is 0. The highest BCUT2D eigenvalue weighted by Gasteiger charge is 2.14. The molecule has 3 rings (SSSR count). The summed E-state index contributed by atoms with van der Waals surface area (Å²) in [5, 5.41) is 1.98. The van der Waals surface area contributed by atoms with E-state index in [9.17, 15) is 0 Å². The maximum Gasteiger partial charge on any atom is 0.243 e. The normalized spacial score (nSPS) is 11.0. The Hall–Kier alpha value is -1.52. The van der Waals surface area contributed by atoms with Crippen molar-refractivity contribution in [3.8, 4) is 11.6 Å². The molecule has 2 heterocycles. The van der Waals surface area contributed by atoms with E-state index in [1.165, 1.54) is 5.56 Å². The summed E-state index contributed by atoms with van der Waals surface area (Å²) in [6, 6.07) is 7.88. The van der Waals surface area contributed by atoms with Crippen molar-refractivity contribution in [2.75, 3.05) is 0 Å². The molecule has 5 heteroatoms. The van der Waals surface area contributed by atoms with E-state index >= 15 is 0 Å². The predicted octanol–water partition coefficient (Wildman–Crippen LogP) is 4.24. The summed E-state index contributed by atoms with van der Waals surface area (Å²) in [5.74, 6) is 1.73. The van der Waals surface area contributed by atoms with Crippen molar-refractivity contribution in [3.63, 3.8) is 0 Å². The number of alkyl halides is 1. The van der Waals surface area contributed by atoms with Gasteiger partial charge in [-0.1, -0.05) is 17.7 Å². The smallest absolute Gasteiger partial charge is 0.243 e. The molecule has 18 heavy (non-hydrogen) atoms. The molecule has 92 valence electrons. The molecule has 0 aliphatic heterocycles. The number of nitrogens with zero attached hydrogens (tertiary/aromatic N) is 2. The zero-order valence-corrected chi connectivity index (χ0v) is 11.3. The Bertz CT molecular complexity index is 672. The van der Waals surface area contributed by atoms with E-state index in [2.05, 4.69) is 4.98 Å². The van der Waals surface area contributed by atoms with Crippen LogP contribution in [-0.4, -0.2) is 9.38 Å². The fraction of sp³-hybridized carbons (Fsp3) is 0.154. The first-order valence-electron chi connectivity index (χ1n) is 5.53. The Morgan fingerprint density at radius 2 is 2.11 bits per heavy atom. The Labute approximate surface area is 114 Å². The van der Waals surface area contributed by atoms with Gasteiger partial charge < -0.3 is 4.74 Å². The second-order valence-corrected chi connectivity index (χ2v) is 5.11. The molecule has 0 amide bonds. The third-order valence-electron chi connectivity index (χ3n) is 2.69. The lowest BCUT2D eigenvalue weighted by Gasteiger charge is -2.04. The van der Waals surface area contributed by atoms with Gasteiger partial charge >= 0.3 is 0 Å². The van der Waals surface area contributed by atoms with Crippen molar-refractivity contribution in [3.05, 3.63) is 47.1 Å². The van der Waals surface area contributed by atoms with Crippen LogP contribution in [0.25, 0.3) is 4.96 Å². The maximum absolute atomic E-state index is 5.96. The predicted molar refractivity (Wildman–Crippen MR) is 73.9 cm³/mol. The van der Waals surface area contributed by atoms with Gasteiger partial charge in [-0.2, -0.15) is 4.98 Å². The van der Waals surface area contributed by atoms with Crippen LogP contribution in [0.2, 0.25) is 0 Å². The number of halogens is 1. The molecule has 0 bridgehead atoms. The SMILES string of the molecule is Cc1ccc(Oc2nc3sccn3c2CCl)cc1. The number of aromatic nitrogens is 2. The zero-order valence-electron chi connectivity index (χ0n) is 9.76. The fourth-order valence-corrected chi connectivity index (χ4v) is 2.70. The van der Waals surface area contributed by atoms with Crippen molar-refractivity contribution < 1.29 is 4.74 Å². The van der Waals surface area contributed by atoms with Gasteiger partial charge in [0, 0.05) is 11.6 Å². The zero-order chi connectivity index (χ0) is 12.5. The van der Waals surface area contributed by atoms with Crippen LogP contribution in [0, 0.1) is 6.92 Å².